The van der Waals surface area contributed by atoms with Gasteiger partial charge >= 0.3 is 6.09 Å². The standard InChI is InChI=1S/C9H13NO3/c1-2-3-7-6-10(9(12)13)5-4-8(7)11/h2,7H,1,3-6H2,(H,12,13). The molecule has 1 rings (SSSR count). The smallest absolute Gasteiger partial charge is 0.407 e. The summed E-state index contributed by atoms with van der Waals surface area (Å²) in [6.07, 6.45) is 1.63. The molecule has 1 aliphatic rings. The number of carboxylic acid groups (broad SMARTS) is 1. The van der Waals surface area contributed by atoms with Crippen molar-refractivity contribution in [3.05, 3.63) is 12.7 Å². The number of Topliss-reactive ketones (excluding diaryl/α,β-unsaturated/α-hetero) is 1. The number of carbonyl (C=O) groups excluding carboxylic acids is 1. The quantitative estimate of drug-likeness (QED) is 0.653. The molecule has 1 heterocycles. The Hall–Kier alpha value is -1.32. The summed E-state index contributed by atoms with van der Waals surface area (Å²) in [6.45, 7) is 4.20. The molecule has 1 aliphatic heterocycles. The molecule has 0 aromatic rings. The maximum absolute atomic E-state index is 11.3. The molecule has 0 aliphatic carbocycles. The van der Waals surface area contributed by atoms with E-state index in [1.165, 1.54) is 4.90 Å². The van der Waals surface area contributed by atoms with Crippen LogP contribution in [0.15, 0.2) is 12.7 Å². The van der Waals surface area contributed by atoms with Crippen LogP contribution in [-0.2, 0) is 4.79 Å². The van der Waals surface area contributed by atoms with E-state index in [1.807, 2.05) is 0 Å². The van der Waals surface area contributed by atoms with E-state index in [-0.39, 0.29) is 11.7 Å². The van der Waals surface area contributed by atoms with Crippen LogP contribution in [0, 0.1) is 5.92 Å². The van der Waals surface area contributed by atoms with Crippen molar-refractivity contribution in [3.63, 3.8) is 0 Å². The van der Waals surface area contributed by atoms with Crippen LogP contribution in [0.3, 0.4) is 0 Å². The van der Waals surface area contributed by atoms with Crippen molar-refractivity contribution in [3.8, 4) is 0 Å². The Morgan fingerprint density at radius 1 is 1.77 bits per heavy atom. The van der Waals surface area contributed by atoms with Gasteiger partial charge in [0.05, 0.1) is 0 Å². The van der Waals surface area contributed by atoms with Gasteiger partial charge in [-0.2, -0.15) is 0 Å². The molecule has 0 spiro atoms. The summed E-state index contributed by atoms with van der Waals surface area (Å²) in [5.41, 5.74) is 0. The third kappa shape index (κ3) is 2.31. The molecule has 1 fully saturated rings. The molecule has 1 unspecified atom stereocenters. The molecule has 0 radical (unpaired) electrons. The summed E-state index contributed by atoms with van der Waals surface area (Å²) >= 11 is 0. The number of amides is 1. The zero-order chi connectivity index (χ0) is 9.84. The monoisotopic (exact) mass is 183 g/mol. The molecule has 13 heavy (non-hydrogen) atoms. The van der Waals surface area contributed by atoms with Gasteiger partial charge in [0.15, 0.2) is 0 Å². The zero-order valence-corrected chi connectivity index (χ0v) is 7.40. The second-order valence-electron chi connectivity index (χ2n) is 3.17. The first kappa shape index (κ1) is 9.77. The van der Waals surface area contributed by atoms with Gasteiger partial charge in [-0.1, -0.05) is 6.08 Å². The van der Waals surface area contributed by atoms with Crippen molar-refractivity contribution >= 4 is 11.9 Å². The molecule has 1 N–H and O–H groups in total. The van der Waals surface area contributed by atoms with Crippen LogP contribution in [0.25, 0.3) is 0 Å². The highest BCUT2D eigenvalue weighted by molar-refractivity contribution is 5.83. The van der Waals surface area contributed by atoms with E-state index in [4.69, 9.17) is 5.11 Å². The lowest BCUT2D eigenvalue weighted by molar-refractivity contribution is -0.125. The third-order valence-electron chi connectivity index (χ3n) is 2.25. The molecular weight excluding hydrogens is 170 g/mol. The summed E-state index contributed by atoms with van der Waals surface area (Å²) in [5.74, 6) is -0.0280. The predicted molar refractivity (Wildman–Crippen MR) is 47.5 cm³/mol. The Morgan fingerprint density at radius 3 is 3.00 bits per heavy atom. The number of rotatable bonds is 2. The minimum absolute atomic E-state index is 0.150. The number of carbonyl (C=O) groups is 2. The molecule has 0 saturated carbocycles. The second kappa shape index (κ2) is 4.07. The topological polar surface area (TPSA) is 57.6 Å². The minimum atomic E-state index is -0.943. The molecule has 0 aromatic carbocycles. The Labute approximate surface area is 76.8 Å². The highest BCUT2D eigenvalue weighted by atomic mass is 16.4. The first-order chi connectivity index (χ1) is 6.15. The maximum atomic E-state index is 11.3. The summed E-state index contributed by atoms with van der Waals surface area (Å²) in [6, 6.07) is 0. The van der Waals surface area contributed by atoms with Crippen LogP contribution >= 0.6 is 0 Å². The van der Waals surface area contributed by atoms with Crippen molar-refractivity contribution in [1.82, 2.24) is 4.90 Å². The molecule has 4 nitrogen and oxygen atoms in total. The lowest BCUT2D eigenvalue weighted by atomic mass is 9.94. The van der Waals surface area contributed by atoms with Crippen molar-refractivity contribution in [2.45, 2.75) is 12.8 Å². The average molecular weight is 183 g/mol. The van der Waals surface area contributed by atoms with Crippen molar-refractivity contribution in [2.75, 3.05) is 13.1 Å². The highest BCUT2D eigenvalue weighted by Crippen LogP contribution is 2.16. The summed E-state index contributed by atoms with van der Waals surface area (Å²) in [7, 11) is 0. The normalized spacial score (nSPS) is 22.9. The molecule has 4 heteroatoms. The maximum Gasteiger partial charge on any atom is 0.407 e. The van der Waals surface area contributed by atoms with E-state index in [9.17, 15) is 9.59 Å². The number of hydrogen-bond acceptors (Lipinski definition) is 2. The molecular formula is C9H13NO3. The number of ketones is 1. The number of likely N-dealkylation sites (tertiary alicyclic amines) is 1. The molecule has 1 saturated heterocycles. The van der Waals surface area contributed by atoms with Gasteiger partial charge < -0.3 is 10.0 Å². The summed E-state index contributed by atoms with van der Waals surface area (Å²) < 4.78 is 0. The first-order valence-electron chi connectivity index (χ1n) is 4.26. The van der Waals surface area contributed by atoms with Crippen molar-refractivity contribution in [2.24, 2.45) is 5.92 Å². The largest absolute Gasteiger partial charge is 0.465 e. The van der Waals surface area contributed by atoms with Crippen molar-refractivity contribution in [1.29, 1.82) is 0 Å². The van der Waals surface area contributed by atoms with E-state index in [0.29, 0.717) is 25.9 Å². The zero-order valence-electron chi connectivity index (χ0n) is 7.40. The highest BCUT2D eigenvalue weighted by Gasteiger charge is 2.28. The van der Waals surface area contributed by atoms with E-state index in [0.717, 1.165) is 0 Å². The third-order valence-corrected chi connectivity index (χ3v) is 2.25. The van der Waals surface area contributed by atoms with Crippen molar-refractivity contribution < 1.29 is 14.7 Å². The number of nitrogens with zero attached hydrogens (tertiary/aromatic N) is 1. The number of hydrogen-bond donors (Lipinski definition) is 1. The Balaban J connectivity index is 2.57. The number of piperidine rings is 1. The molecule has 0 aromatic heterocycles. The predicted octanol–water partition coefficient (Wildman–Crippen LogP) is 1.13. The minimum Gasteiger partial charge on any atom is -0.465 e. The fourth-order valence-electron chi connectivity index (χ4n) is 1.49. The molecule has 1 amide bonds. The van der Waals surface area contributed by atoms with Gasteiger partial charge in [0.25, 0.3) is 0 Å². The van der Waals surface area contributed by atoms with Crippen LogP contribution in [0.4, 0.5) is 4.79 Å². The van der Waals surface area contributed by atoms with Gasteiger partial charge in [-0.05, 0) is 6.42 Å². The van der Waals surface area contributed by atoms with Crippen LogP contribution in [-0.4, -0.2) is 35.0 Å². The van der Waals surface area contributed by atoms with Crippen LogP contribution in [0.1, 0.15) is 12.8 Å². The Morgan fingerprint density at radius 2 is 2.46 bits per heavy atom. The lowest BCUT2D eigenvalue weighted by Crippen LogP contribution is -2.43. The van der Waals surface area contributed by atoms with Crippen LogP contribution in [0.2, 0.25) is 0 Å². The summed E-state index contributed by atoms with van der Waals surface area (Å²) in [4.78, 5) is 23.2. The van der Waals surface area contributed by atoms with Gasteiger partial charge in [0, 0.05) is 25.4 Å². The van der Waals surface area contributed by atoms with Gasteiger partial charge in [-0.3, -0.25) is 4.79 Å². The lowest BCUT2D eigenvalue weighted by Gasteiger charge is -2.28. The SMILES string of the molecule is C=CCC1CN(C(=O)O)CCC1=O. The van der Waals surface area contributed by atoms with Gasteiger partial charge in [-0.25, -0.2) is 4.79 Å². The van der Waals surface area contributed by atoms with Gasteiger partial charge in [0.1, 0.15) is 5.78 Å². The van der Waals surface area contributed by atoms with E-state index < -0.39 is 6.09 Å². The average Bonchev–Trinajstić information content (AvgIpc) is 2.08. The Bertz CT molecular complexity index is 237. The van der Waals surface area contributed by atoms with Gasteiger partial charge in [0.2, 0.25) is 0 Å². The van der Waals surface area contributed by atoms with Gasteiger partial charge in [-0.15, -0.1) is 6.58 Å². The number of allylic oxidation sites excluding steroid dienone is 1. The molecule has 0 bridgehead atoms. The molecule has 1 atom stereocenters. The second-order valence-corrected chi connectivity index (χ2v) is 3.17. The first-order valence-corrected chi connectivity index (χ1v) is 4.26. The van der Waals surface area contributed by atoms with E-state index >= 15 is 0 Å². The van der Waals surface area contributed by atoms with E-state index in [2.05, 4.69) is 6.58 Å². The van der Waals surface area contributed by atoms with Crippen LogP contribution < -0.4 is 0 Å². The van der Waals surface area contributed by atoms with E-state index in [1.54, 1.807) is 6.08 Å². The summed E-state index contributed by atoms with van der Waals surface area (Å²) in [5, 5.41) is 8.70. The van der Waals surface area contributed by atoms with Crippen LogP contribution in [0.5, 0.6) is 0 Å². The Kier molecular flexibility index (Phi) is 3.06. The fraction of sp³-hybridized carbons (Fsp3) is 0.556. The molecule has 72 valence electrons. The fourth-order valence-corrected chi connectivity index (χ4v) is 1.49.